The molecular formula is C29H34N8O3. The molecule has 0 aliphatic carbocycles. The molecule has 1 aliphatic rings. The first kappa shape index (κ1) is 26.9. The van der Waals surface area contributed by atoms with Crippen molar-refractivity contribution in [1.29, 1.82) is 0 Å². The van der Waals surface area contributed by atoms with Gasteiger partial charge in [-0.05, 0) is 50.7 Å². The number of carbonyl (C=O) groups is 1. The highest BCUT2D eigenvalue weighted by Gasteiger charge is 2.17. The van der Waals surface area contributed by atoms with Crippen LogP contribution in [0.5, 0.6) is 11.5 Å². The Kier molecular flexibility index (Phi) is 7.83. The maximum absolute atomic E-state index is 12.6. The van der Waals surface area contributed by atoms with Crippen LogP contribution in [0.4, 0.5) is 27.8 Å². The molecule has 1 aromatic carbocycles. The number of hydrogen-bond acceptors (Lipinski definition) is 9. The number of hydrogen-bond donors (Lipinski definition) is 2. The van der Waals surface area contributed by atoms with Crippen molar-refractivity contribution < 1.29 is 14.3 Å². The van der Waals surface area contributed by atoms with Crippen LogP contribution in [0, 0.1) is 13.8 Å². The standard InChI is InChI=1S/C29H34N8O3/c1-19-8-10-30-20(2)27(19)34-29(38)40-22-17-25(36(4)18-22)23-9-11-31-28(32-23)33-24-7-6-21(16-26(24)39-5)37-14-12-35(3)13-15-37/h6-11,16-18H,12-15H2,1-5H3,(H,34,38)(H,31,32,33). The predicted octanol–water partition coefficient (Wildman–Crippen LogP) is 4.61. The summed E-state index contributed by atoms with van der Waals surface area (Å²) in [6.07, 6.45) is 4.53. The molecule has 0 saturated carbocycles. The molecule has 3 aromatic heterocycles. The quantitative estimate of drug-likeness (QED) is 0.346. The molecule has 0 radical (unpaired) electrons. The van der Waals surface area contributed by atoms with Crippen molar-refractivity contribution in [1.82, 2.24) is 24.4 Å². The van der Waals surface area contributed by atoms with Gasteiger partial charge in [0, 0.05) is 69.6 Å². The second-order valence-electron chi connectivity index (χ2n) is 9.84. The van der Waals surface area contributed by atoms with E-state index in [9.17, 15) is 4.79 Å². The third kappa shape index (κ3) is 5.99. The van der Waals surface area contributed by atoms with Gasteiger partial charge in [-0.15, -0.1) is 0 Å². The van der Waals surface area contributed by atoms with Crippen LogP contribution in [-0.2, 0) is 7.05 Å². The molecule has 4 aromatic rings. The molecule has 208 valence electrons. The summed E-state index contributed by atoms with van der Waals surface area (Å²) in [4.78, 5) is 30.6. The number of amides is 1. The van der Waals surface area contributed by atoms with Gasteiger partial charge in [0.25, 0.3) is 0 Å². The molecule has 1 saturated heterocycles. The van der Waals surface area contributed by atoms with Gasteiger partial charge < -0.3 is 29.2 Å². The minimum atomic E-state index is -0.589. The molecule has 40 heavy (non-hydrogen) atoms. The lowest BCUT2D eigenvalue weighted by molar-refractivity contribution is 0.215. The van der Waals surface area contributed by atoms with Crippen molar-refractivity contribution in [2.45, 2.75) is 13.8 Å². The number of carbonyl (C=O) groups excluding carboxylic acids is 1. The van der Waals surface area contributed by atoms with E-state index in [1.165, 1.54) is 0 Å². The molecule has 1 amide bonds. The molecular weight excluding hydrogens is 508 g/mol. The number of rotatable bonds is 7. The number of benzene rings is 1. The summed E-state index contributed by atoms with van der Waals surface area (Å²) in [7, 11) is 5.67. The van der Waals surface area contributed by atoms with Crippen LogP contribution in [0.25, 0.3) is 11.4 Å². The number of pyridine rings is 1. The van der Waals surface area contributed by atoms with E-state index in [1.807, 2.05) is 43.7 Å². The zero-order valence-corrected chi connectivity index (χ0v) is 23.4. The Bertz CT molecular complexity index is 1490. The number of aryl methyl sites for hydroxylation is 3. The van der Waals surface area contributed by atoms with Crippen LogP contribution in [0.15, 0.2) is 55.0 Å². The fraction of sp³-hybridized carbons (Fsp3) is 0.310. The zero-order valence-electron chi connectivity index (χ0n) is 23.4. The summed E-state index contributed by atoms with van der Waals surface area (Å²) in [5.41, 5.74) is 5.59. The minimum absolute atomic E-state index is 0.392. The monoisotopic (exact) mass is 542 g/mol. The van der Waals surface area contributed by atoms with Gasteiger partial charge in [-0.3, -0.25) is 10.3 Å². The van der Waals surface area contributed by atoms with Crippen molar-refractivity contribution in [3.63, 3.8) is 0 Å². The number of ether oxygens (including phenoxy) is 2. The maximum Gasteiger partial charge on any atom is 0.417 e. The van der Waals surface area contributed by atoms with E-state index in [1.54, 1.807) is 37.8 Å². The van der Waals surface area contributed by atoms with Gasteiger partial charge in [-0.25, -0.2) is 14.8 Å². The summed E-state index contributed by atoms with van der Waals surface area (Å²) < 4.78 is 13.1. The molecule has 4 heterocycles. The SMILES string of the molecule is COc1cc(N2CCN(C)CC2)ccc1Nc1nccc(-c2cc(OC(=O)Nc3c(C)ccnc3C)cn2C)n1. The minimum Gasteiger partial charge on any atom is -0.494 e. The van der Waals surface area contributed by atoms with Crippen molar-refractivity contribution in [3.8, 4) is 22.9 Å². The zero-order chi connectivity index (χ0) is 28.2. The van der Waals surface area contributed by atoms with Gasteiger partial charge in [0.05, 0.1) is 35.6 Å². The second kappa shape index (κ2) is 11.6. The highest BCUT2D eigenvalue weighted by molar-refractivity contribution is 5.88. The van der Waals surface area contributed by atoms with Gasteiger partial charge in [-0.1, -0.05) is 0 Å². The number of aromatic nitrogens is 4. The first-order valence-electron chi connectivity index (χ1n) is 13.1. The lowest BCUT2D eigenvalue weighted by Gasteiger charge is -2.34. The van der Waals surface area contributed by atoms with Crippen molar-refractivity contribution in [2.75, 3.05) is 55.9 Å². The molecule has 11 heteroatoms. The van der Waals surface area contributed by atoms with E-state index in [4.69, 9.17) is 14.5 Å². The fourth-order valence-electron chi connectivity index (χ4n) is 4.69. The van der Waals surface area contributed by atoms with Gasteiger partial charge in [0.2, 0.25) is 5.95 Å². The summed E-state index contributed by atoms with van der Waals surface area (Å²) >= 11 is 0. The van der Waals surface area contributed by atoms with Crippen molar-refractivity contribution in [3.05, 3.63) is 66.2 Å². The normalized spacial score (nSPS) is 13.7. The Labute approximate surface area is 233 Å². The lowest BCUT2D eigenvalue weighted by atomic mass is 10.2. The molecule has 0 atom stereocenters. The Balaban J connectivity index is 1.30. The molecule has 1 fully saturated rings. The highest BCUT2D eigenvalue weighted by Crippen LogP contribution is 2.32. The average Bonchev–Trinajstić information content (AvgIpc) is 3.31. The Morgan fingerprint density at radius 3 is 2.50 bits per heavy atom. The predicted molar refractivity (Wildman–Crippen MR) is 156 cm³/mol. The Morgan fingerprint density at radius 1 is 0.975 bits per heavy atom. The van der Waals surface area contributed by atoms with Crippen molar-refractivity contribution in [2.24, 2.45) is 7.05 Å². The third-order valence-electron chi connectivity index (χ3n) is 6.98. The van der Waals surface area contributed by atoms with Gasteiger partial charge in [0.1, 0.15) is 5.75 Å². The van der Waals surface area contributed by atoms with Crippen LogP contribution in [0.2, 0.25) is 0 Å². The number of nitrogens with zero attached hydrogens (tertiary/aromatic N) is 6. The van der Waals surface area contributed by atoms with Crippen LogP contribution >= 0.6 is 0 Å². The second-order valence-corrected chi connectivity index (χ2v) is 9.84. The third-order valence-corrected chi connectivity index (χ3v) is 6.98. The smallest absolute Gasteiger partial charge is 0.417 e. The molecule has 11 nitrogen and oxygen atoms in total. The maximum atomic E-state index is 12.6. The molecule has 0 unspecified atom stereocenters. The molecule has 1 aliphatic heterocycles. The Hall–Kier alpha value is -4.64. The van der Waals surface area contributed by atoms with Crippen molar-refractivity contribution >= 4 is 29.1 Å². The van der Waals surface area contributed by atoms with Crippen LogP contribution < -0.4 is 25.0 Å². The highest BCUT2D eigenvalue weighted by atomic mass is 16.6. The number of methoxy groups -OCH3 is 1. The summed E-state index contributed by atoms with van der Waals surface area (Å²) in [6.45, 7) is 7.76. The van der Waals surface area contributed by atoms with Crippen LogP contribution in [0.3, 0.4) is 0 Å². The van der Waals surface area contributed by atoms with E-state index in [2.05, 4.69) is 43.5 Å². The van der Waals surface area contributed by atoms with Gasteiger partial charge in [-0.2, -0.15) is 0 Å². The summed E-state index contributed by atoms with van der Waals surface area (Å²) in [5, 5.41) is 6.07. The summed E-state index contributed by atoms with van der Waals surface area (Å²) in [6, 6.07) is 11.5. The molecule has 5 rings (SSSR count). The number of piperazine rings is 1. The lowest BCUT2D eigenvalue weighted by Crippen LogP contribution is -2.44. The number of nitrogens with one attached hydrogen (secondary N) is 2. The van der Waals surface area contributed by atoms with Gasteiger partial charge in [0.15, 0.2) is 5.75 Å². The van der Waals surface area contributed by atoms with E-state index < -0.39 is 6.09 Å². The molecule has 0 bridgehead atoms. The first-order chi connectivity index (χ1) is 19.3. The van der Waals surface area contributed by atoms with Gasteiger partial charge >= 0.3 is 6.09 Å². The van der Waals surface area contributed by atoms with Crippen LogP contribution in [0.1, 0.15) is 11.3 Å². The first-order valence-corrected chi connectivity index (χ1v) is 13.1. The van der Waals surface area contributed by atoms with E-state index >= 15 is 0 Å². The number of anilines is 4. The van der Waals surface area contributed by atoms with Crippen LogP contribution in [-0.4, -0.2) is 70.8 Å². The van der Waals surface area contributed by atoms with E-state index in [0.29, 0.717) is 28.8 Å². The summed E-state index contributed by atoms with van der Waals surface area (Å²) in [5.74, 6) is 1.53. The number of likely N-dealkylation sites (N-methyl/N-ethyl adjacent to an activating group) is 1. The average molecular weight is 543 g/mol. The largest absolute Gasteiger partial charge is 0.494 e. The Morgan fingerprint density at radius 2 is 1.75 bits per heavy atom. The molecule has 0 spiro atoms. The molecule has 2 N–H and O–H groups in total. The fourth-order valence-corrected chi connectivity index (χ4v) is 4.69. The topological polar surface area (TPSA) is 110 Å². The van der Waals surface area contributed by atoms with E-state index in [0.717, 1.165) is 54.5 Å². The van der Waals surface area contributed by atoms with E-state index in [-0.39, 0.29) is 0 Å².